The minimum absolute atomic E-state index is 0.0411. The van der Waals surface area contributed by atoms with Crippen LogP contribution in [0.5, 0.6) is 0 Å². The molecule has 0 aliphatic carbocycles. The van der Waals surface area contributed by atoms with Gasteiger partial charge < -0.3 is 10.6 Å². The van der Waals surface area contributed by atoms with Crippen LogP contribution in [0.2, 0.25) is 0 Å². The first-order chi connectivity index (χ1) is 10.3. The van der Waals surface area contributed by atoms with E-state index in [4.69, 9.17) is 0 Å². The lowest BCUT2D eigenvalue weighted by atomic mass is 10.2. The van der Waals surface area contributed by atoms with Gasteiger partial charge in [-0.2, -0.15) is 0 Å². The Bertz CT molecular complexity index is 698. The van der Waals surface area contributed by atoms with E-state index in [1.807, 2.05) is 13.8 Å². The Morgan fingerprint density at radius 3 is 2.77 bits per heavy atom. The topological polar surface area (TPSA) is 104 Å². The summed E-state index contributed by atoms with van der Waals surface area (Å²) in [6, 6.07) is 4.40. The first-order valence-electron chi connectivity index (χ1n) is 6.97. The van der Waals surface area contributed by atoms with Crippen LogP contribution >= 0.6 is 0 Å². The zero-order valence-electron chi connectivity index (χ0n) is 12.5. The van der Waals surface area contributed by atoms with Gasteiger partial charge in [-0.3, -0.25) is 9.59 Å². The largest absolute Gasteiger partial charge is 0.355 e. The molecule has 120 valence electrons. The van der Waals surface area contributed by atoms with Crippen molar-refractivity contribution in [2.24, 2.45) is 5.92 Å². The molecule has 0 spiro atoms. The Labute approximate surface area is 129 Å². The van der Waals surface area contributed by atoms with Gasteiger partial charge in [-0.05, 0) is 29.7 Å². The second-order valence-electron chi connectivity index (χ2n) is 5.57. The maximum absolute atomic E-state index is 12.2. The van der Waals surface area contributed by atoms with Gasteiger partial charge in [-0.1, -0.05) is 13.8 Å². The molecule has 7 nitrogen and oxygen atoms in total. The molecule has 2 amide bonds. The molecule has 0 radical (unpaired) electrons. The van der Waals surface area contributed by atoms with Gasteiger partial charge in [0.2, 0.25) is 21.8 Å². The molecule has 0 saturated heterocycles. The molecule has 0 fully saturated rings. The molecule has 1 aromatic carbocycles. The van der Waals surface area contributed by atoms with Gasteiger partial charge in [0.05, 0.1) is 17.9 Å². The number of nitrogens with one attached hydrogen (secondary N) is 3. The third-order valence-corrected chi connectivity index (χ3v) is 4.54. The number of carbonyl (C=O) groups is 2. The lowest BCUT2D eigenvalue weighted by molar-refractivity contribution is -0.120. The van der Waals surface area contributed by atoms with Crippen LogP contribution in [0.3, 0.4) is 0 Å². The zero-order chi connectivity index (χ0) is 16.3. The first kappa shape index (κ1) is 16.4. The number of fused-ring (bicyclic) bond motifs is 1. The van der Waals surface area contributed by atoms with E-state index in [2.05, 4.69) is 15.4 Å². The highest BCUT2D eigenvalue weighted by molar-refractivity contribution is 7.89. The van der Waals surface area contributed by atoms with E-state index < -0.39 is 10.0 Å². The minimum Gasteiger partial charge on any atom is -0.355 e. The van der Waals surface area contributed by atoms with Crippen molar-refractivity contribution in [3.63, 3.8) is 0 Å². The van der Waals surface area contributed by atoms with E-state index >= 15 is 0 Å². The van der Waals surface area contributed by atoms with E-state index in [1.165, 1.54) is 12.1 Å². The Balaban J connectivity index is 2.01. The molecule has 22 heavy (non-hydrogen) atoms. The third-order valence-electron chi connectivity index (χ3n) is 3.14. The lowest BCUT2D eigenvalue weighted by Crippen LogP contribution is -2.38. The number of benzene rings is 1. The quantitative estimate of drug-likeness (QED) is 0.696. The first-order valence-corrected chi connectivity index (χ1v) is 8.45. The summed E-state index contributed by atoms with van der Waals surface area (Å²) in [7, 11) is -3.78. The predicted octanol–water partition coefficient (Wildman–Crippen LogP) is 0.232. The van der Waals surface area contributed by atoms with Gasteiger partial charge in [0.1, 0.15) is 0 Å². The molecule has 1 heterocycles. The Morgan fingerprint density at radius 2 is 2.09 bits per heavy atom. The highest BCUT2D eigenvalue weighted by Crippen LogP contribution is 2.25. The van der Waals surface area contributed by atoms with Gasteiger partial charge in [0, 0.05) is 12.2 Å². The number of sulfonamides is 1. The van der Waals surface area contributed by atoms with Crippen LogP contribution in [0.25, 0.3) is 0 Å². The molecule has 8 heteroatoms. The highest BCUT2D eigenvalue weighted by Gasteiger charge is 2.22. The van der Waals surface area contributed by atoms with Gasteiger partial charge in [-0.25, -0.2) is 13.1 Å². The Hall–Kier alpha value is -1.93. The number of rotatable bonds is 6. The van der Waals surface area contributed by atoms with Crippen LogP contribution in [0.15, 0.2) is 23.1 Å². The molecule has 0 aromatic heterocycles. The number of amides is 2. The monoisotopic (exact) mass is 325 g/mol. The Kier molecular flexibility index (Phi) is 4.82. The molecule has 3 N–H and O–H groups in total. The molecule has 1 aromatic rings. The van der Waals surface area contributed by atoms with Crippen molar-refractivity contribution in [1.82, 2.24) is 10.0 Å². The minimum atomic E-state index is -3.78. The second kappa shape index (κ2) is 6.45. The summed E-state index contributed by atoms with van der Waals surface area (Å²) >= 11 is 0. The van der Waals surface area contributed by atoms with E-state index in [9.17, 15) is 18.0 Å². The number of carbonyl (C=O) groups excluding carboxylic acids is 2. The second-order valence-corrected chi connectivity index (χ2v) is 7.33. The molecule has 0 saturated carbocycles. The third kappa shape index (κ3) is 4.05. The summed E-state index contributed by atoms with van der Waals surface area (Å²) in [6.45, 7) is 4.07. The SMILES string of the molecule is CC(C)CNC(=O)CNS(=O)(=O)c1ccc2c(c1)CC(=O)N2. The van der Waals surface area contributed by atoms with Crippen LogP contribution in [0, 0.1) is 5.92 Å². The normalized spacial score (nSPS) is 13.9. The molecule has 0 unspecified atom stereocenters. The number of anilines is 1. The molecular weight excluding hydrogens is 306 g/mol. The molecule has 0 atom stereocenters. The van der Waals surface area contributed by atoms with Crippen LogP contribution in [-0.4, -0.2) is 33.3 Å². The van der Waals surface area contributed by atoms with Gasteiger partial charge in [0.15, 0.2) is 0 Å². The van der Waals surface area contributed by atoms with Crippen molar-refractivity contribution in [1.29, 1.82) is 0 Å². The van der Waals surface area contributed by atoms with Crippen LogP contribution in [-0.2, 0) is 26.0 Å². The highest BCUT2D eigenvalue weighted by atomic mass is 32.2. The van der Waals surface area contributed by atoms with Crippen LogP contribution < -0.4 is 15.4 Å². The maximum atomic E-state index is 12.2. The van der Waals surface area contributed by atoms with E-state index in [1.54, 1.807) is 6.07 Å². The van der Waals surface area contributed by atoms with Gasteiger partial charge in [0.25, 0.3) is 0 Å². The summed E-state index contributed by atoms with van der Waals surface area (Å²) in [4.78, 5) is 22.9. The molecule has 1 aliphatic rings. The summed E-state index contributed by atoms with van der Waals surface area (Å²) in [5, 5.41) is 5.27. The fourth-order valence-corrected chi connectivity index (χ4v) is 3.03. The fraction of sp³-hybridized carbons (Fsp3) is 0.429. The van der Waals surface area contributed by atoms with E-state index in [-0.39, 0.29) is 29.7 Å². The van der Waals surface area contributed by atoms with Crippen LogP contribution in [0.4, 0.5) is 5.69 Å². The molecule has 2 rings (SSSR count). The van der Waals surface area contributed by atoms with Crippen molar-refractivity contribution >= 4 is 27.5 Å². The summed E-state index contributed by atoms with van der Waals surface area (Å²) in [6.07, 6.45) is 0.160. The predicted molar refractivity (Wildman–Crippen MR) is 81.8 cm³/mol. The van der Waals surface area contributed by atoms with E-state index in [0.29, 0.717) is 23.7 Å². The Morgan fingerprint density at radius 1 is 1.36 bits per heavy atom. The zero-order valence-corrected chi connectivity index (χ0v) is 13.3. The van der Waals surface area contributed by atoms with Crippen molar-refractivity contribution in [2.45, 2.75) is 25.2 Å². The molecule has 0 bridgehead atoms. The van der Waals surface area contributed by atoms with Crippen molar-refractivity contribution in [3.8, 4) is 0 Å². The smallest absolute Gasteiger partial charge is 0.241 e. The van der Waals surface area contributed by atoms with Crippen molar-refractivity contribution in [2.75, 3.05) is 18.4 Å². The molecular formula is C14H19N3O4S. The maximum Gasteiger partial charge on any atom is 0.241 e. The fourth-order valence-electron chi connectivity index (χ4n) is 2.00. The number of hydrogen-bond acceptors (Lipinski definition) is 4. The number of hydrogen-bond donors (Lipinski definition) is 3. The average molecular weight is 325 g/mol. The summed E-state index contributed by atoms with van der Waals surface area (Å²) in [5.74, 6) is -0.247. The lowest BCUT2D eigenvalue weighted by Gasteiger charge is -2.10. The standard InChI is InChI=1S/C14H19N3O4S/c1-9(2)7-15-14(19)8-16-22(20,21)11-3-4-12-10(5-11)6-13(18)17-12/h3-5,9,16H,6-8H2,1-2H3,(H,15,19)(H,17,18). The van der Waals surface area contributed by atoms with Gasteiger partial charge >= 0.3 is 0 Å². The van der Waals surface area contributed by atoms with Crippen molar-refractivity contribution < 1.29 is 18.0 Å². The van der Waals surface area contributed by atoms with E-state index in [0.717, 1.165) is 0 Å². The van der Waals surface area contributed by atoms with Crippen LogP contribution in [0.1, 0.15) is 19.4 Å². The molecule has 1 aliphatic heterocycles. The summed E-state index contributed by atoms with van der Waals surface area (Å²) in [5.41, 5.74) is 1.26. The van der Waals surface area contributed by atoms with Gasteiger partial charge in [-0.15, -0.1) is 0 Å². The summed E-state index contributed by atoms with van der Waals surface area (Å²) < 4.78 is 26.6. The van der Waals surface area contributed by atoms with Crippen molar-refractivity contribution in [3.05, 3.63) is 23.8 Å². The average Bonchev–Trinajstić information content (AvgIpc) is 2.82.